The Hall–Kier alpha value is -1.56. The zero-order valence-electron chi connectivity index (χ0n) is 7.75. The van der Waals surface area contributed by atoms with Crippen LogP contribution in [0.1, 0.15) is 18.0 Å². The van der Waals surface area contributed by atoms with E-state index in [2.05, 4.69) is 5.10 Å². The van der Waals surface area contributed by atoms with Gasteiger partial charge in [-0.2, -0.15) is 10.2 Å². The standard InChI is InChI=1S/C8H11N3O3/c1-10-5-6(4-9-10)7-2-3-14-11(7)8(12)13/h4-5,7H,2-3H2,1H3,(H,12,13)/t7-/m0/s1. The van der Waals surface area contributed by atoms with Crippen LogP contribution >= 0.6 is 0 Å². The van der Waals surface area contributed by atoms with Crippen molar-refractivity contribution in [2.24, 2.45) is 7.05 Å². The van der Waals surface area contributed by atoms with Gasteiger partial charge in [-0.3, -0.25) is 9.52 Å². The smallest absolute Gasteiger partial charge is 0.432 e. The Labute approximate surface area is 80.6 Å². The maximum atomic E-state index is 10.8. The maximum Gasteiger partial charge on any atom is 0.432 e. The monoisotopic (exact) mass is 197 g/mol. The zero-order chi connectivity index (χ0) is 10.1. The summed E-state index contributed by atoms with van der Waals surface area (Å²) in [6, 6.07) is -0.221. The molecule has 1 aromatic rings. The number of carbonyl (C=O) groups is 1. The van der Waals surface area contributed by atoms with Crippen molar-refractivity contribution in [3.05, 3.63) is 18.0 Å². The minimum atomic E-state index is -1.06. The van der Waals surface area contributed by atoms with E-state index in [1.165, 1.54) is 0 Å². The Kier molecular flexibility index (Phi) is 2.12. The van der Waals surface area contributed by atoms with Crippen LogP contribution in [-0.2, 0) is 11.9 Å². The molecule has 1 aromatic heterocycles. The molecule has 0 aromatic carbocycles. The van der Waals surface area contributed by atoms with Gasteiger partial charge in [0.25, 0.3) is 0 Å². The fourth-order valence-corrected chi connectivity index (χ4v) is 1.57. The van der Waals surface area contributed by atoms with Gasteiger partial charge in [0, 0.05) is 25.2 Å². The fourth-order valence-electron chi connectivity index (χ4n) is 1.57. The van der Waals surface area contributed by atoms with E-state index in [9.17, 15) is 4.79 Å². The zero-order valence-corrected chi connectivity index (χ0v) is 7.75. The molecule has 2 rings (SSSR count). The van der Waals surface area contributed by atoms with Crippen molar-refractivity contribution in [1.82, 2.24) is 14.8 Å². The molecule has 1 fully saturated rings. The SMILES string of the molecule is Cn1cc([C@@H]2CCON2C(=O)O)cn1. The quantitative estimate of drug-likeness (QED) is 0.722. The predicted molar refractivity (Wildman–Crippen MR) is 46.4 cm³/mol. The third kappa shape index (κ3) is 1.44. The largest absolute Gasteiger partial charge is 0.463 e. The minimum absolute atomic E-state index is 0.221. The highest BCUT2D eigenvalue weighted by atomic mass is 16.7. The molecular formula is C8H11N3O3. The number of hydrogen-bond acceptors (Lipinski definition) is 3. The fraction of sp³-hybridized carbons (Fsp3) is 0.500. The first-order valence-corrected chi connectivity index (χ1v) is 4.32. The highest BCUT2D eigenvalue weighted by Crippen LogP contribution is 2.29. The number of rotatable bonds is 1. The van der Waals surface area contributed by atoms with Gasteiger partial charge in [0.2, 0.25) is 0 Å². The van der Waals surface area contributed by atoms with Crippen LogP contribution in [0, 0.1) is 0 Å². The van der Waals surface area contributed by atoms with Gasteiger partial charge in [0.15, 0.2) is 0 Å². The van der Waals surface area contributed by atoms with E-state index < -0.39 is 6.09 Å². The van der Waals surface area contributed by atoms with E-state index in [4.69, 9.17) is 9.94 Å². The molecule has 6 nitrogen and oxygen atoms in total. The van der Waals surface area contributed by atoms with Crippen molar-refractivity contribution < 1.29 is 14.7 Å². The third-order valence-electron chi connectivity index (χ3n) is 2.20. The second kappa shape index (κ2) is 3.30. The van der Waals surface area contributed by atoms with Crippen molar-refractivity contribution >= 4 is 6.09 Å². The number of hydrogen-bond donors (Lipinski definition) is 1. The molecule has 1 aliphatic heterocycles. The molecule has 0 bridgehead atoms. The third-order valence-corrected chi connectivity index (χ3v) is 2.20. The molecule has 0 aliphatic carbocycles. The van der Waals surface area contributed by atoms with E-state index in [0.29, 0.717) is 13.0 Å². The van der Waals surface area contributed by atoms with Gasteiger partial charge >= 0.3 is 6.09 Å². The van der Waals surface area contributed by atoms with Crippen molar-refractivity contribution in [3.63, 3.8) is 0 Å². The molecule has 1 N–H and O–H groups in total. The molecule has 0 radical (unpaired) electrons. The number of amides is 1. The molecule has 6 heteroatoms. The predicted octanol–water partition coefficient (Wildman–Crippen LogP) is 0.777. The first kappa shape index (κ1) is 9.01. The van der Waals surface area contributed by atoms with Crippen LogP contribution in [-0.4, -0.2) is 32.7 Å². The molecule has 0 spiro atoms. The lowest BCUT2D eigenvalue weighted by Gasteiger charge is -2.17. The maximum absolute atomic E-state index is 10.8. The number of aryl methyl sites for hydroxylation is 1. The molecule has 76 valence electrons. The first-order valence-electron chi connectivity index (χ1n) is 4.32. The first-order chi connectivity index (χ1) is 6.68. The number of nitrogens with zero attached hydrogens (tertiary/aromatic N) is 3. The molecule has 0 saturated carbocycles. The van der Waals surface area contributed by atoms with E-state index >= 15 is 0 Å². The van der Waals surface area contributed by atoms with Gasteiger partial charge in [-0.1, -0.05) is 0 Å². The van der Waals surface area contributed by atoms with Gasteiger partial charge in [0.05, 0.1) is 18.8 Å². The Morgan fingerprint density at radius 3 is 3.14 bits per heavy atom. The summed E-state index contributed by atoms with van der Waals surface area (Å²) < 4.78 is 1.65. The molecule has 0 unspecified atom stereocenters. The van der Waals surface area contributed by atoms with Crippen LogP contribution in [0.2, 0.25) is 0 Å². The number of aromatic nitrogens is 2. The van der Waals surface area contributed by atoms with Crippen LogP contribution in [0.5, 0.6) is 0 Å². The summed E-state index contributed by atoms with van der Waals surface area (Å²) >= 11 is 0. The molecule has 2 heterocycles. The van der Waals surface area contributed by atoms with E-state index in [0.717, 1.165) is 10.6 Å². The van der Waals surface area contributed by atoms with E-state index in [-0.39, 0.29) is 6.04 Å². The Morgan fingerprint density at radius 1 is 1.79 bits per heavy atom. The molecule has 1 amide bonds. The summed E-state index contributed by atoms with van der Waals surface area (Å²) in [4.78, 5) is 15.8. The minimum Gasteiger partial charge on any atom is -0.463 e. The van der Waals surface area contributed by atoms with Crippen molar-refractivity contribution in [3.8, 4) is 0 Å². The second-order valence-corrected chi connectivity index (χ2v) is 3.19. The summed E-state index contributed by atoms with van der Waals surface area (Å²) in [7, 11) is 1.80. The van der Waals surface area contributed by atoms with Gasteiger partial charge in [-0.25, -0.2) is 4.79 Å². The van der Waals surface area contributed by atoms with Crippen LogP contribution in [0.15, 0.2) is 12.4 Å². The highest BCUT2D eigenvalue weighted by Gasteiger charge is 2.32. The lowest BCUT2D eigenvalue weighted by molar-refractivity contribution is -0.104. The second-order valence-electron chi connectivity index (χ2n) is 3.19. The van der Waals surface area contributed by atoms with Gasteiger partial charge in [-0.15, -0.1) is 0 Å². The summed E-state index contributed by atoms with van der Waals surface area (Å²) in [5, 5.41) is 13.8. The Bertz CT molecular complexity index is 349. The number of hydroxylamine groups is 2. The van der Waals surface area contributed by atoms with Gasteiger partial charge in [-0.05, 0) is 0 Å². The number of carboxylic acid groups (broad SMARTS) is 1. The van der Waals surface area contributed by atoms with Crippen molar-refractivity contribution in [2.45, 2.75) is 12.5 Å². The van der Waals surface area contributed by atoms with E-state index in [1.807, 2.05) is 0 Å². The van der Waals surface area contributed by atoms with Crippen LogP contribution in [0.4, 0.5) is 4.79 Å². The van der Waals surface area contributed by atoms with E-state index in [1.54, 1.807) is 24.1 Å². The lowest BCUT2D eigenvalue weighted by Crippen LogP contribution is -2.27. The molecule has 14 heavy (non-hydrogen) atoms. The van der Waals surface area contributed by atoms with Crippen LogP contribution < -0.4 is 0 Å². The summed E-state index contributed by atoms with van der Waals surface area (Å²) in [6.07, 6.45) is 3.08. The van der Waals surface area contributed by atoms with Crippen molar-refractivity contribution in [1.29, 1.82) is 0 Å². The Morgan fingerprint density at radius 2 is 2.57 bits per heavy atom. The Balaban J connectivity index is 2.21. The summed E-state index contributed by atoms with van der Waals surface area (Å²) in [5.41, 5.74) is 0.868. The highest BCUT2D eigenvalue weighted by molar-refractivity contribution is 5.64. The normalized spacial score (nSPS) is 21.5. The average Bonchev–Trinajstić information content (AvgIpc) is 2.70. The lowest BCUT2D eigenvalue weighted by atomic mass is 10.1. The van der Waals surface area contributed by atoms with Gasteiger partial charge in [0.1, 0.15) is 0 Å². The van der Waals surface area contributed by atoms with Gasteiger partial charge < -0.3 is 5.11 Å². The topological polar surface area (TPSA) is 67.6 Å². The summed E-state index contributed by atoms with van der Waals surface area (Å²) in [5.74, 6) is 0. The van der Waals surface area contributed by atoms with Crippen LogP contribution in [0.25, 0.3) is 0 Å². The van der Waals surface area contributed by atoms with Crippen LogP contribution in [0.3, 0.4) is 0 Å². The summed E-state index contributed by atoms with van der Waals surface area (Å²) in [6.45, 7) is 0.436. The average molecular weight is 197 g/mol. The molecule has 1 aliphatic rings. The molecular weight excluding hydrogens is 186 g/mol. The van der Waals surface area contributed by atoms with Crippen molar-refractivity contribution in [2.75, 3.05) is 6.61 Å². The molecule has 1 atom stereocenters. The molecule has 1 saturated heterocycles.